The molecule has 0 N–H and O–H groups in total. The Bertz CT molecular complexity index is 598. The van der Waals surface area contributed by atoms with Crippen molar-refractivity contribution >= 4 is 27.5 Å². The van der Waals surface area contributed by atoms with Crippen molar-refractivity contribution in [1.29, 1.82) is 0 Å². The van der Waals surface area contributed by atoms with Crippen LogP contribution in [0, 0.1) is 0 Å². The van der Waals surface area contributed by atoms with Gasteiger partial charge in [-0.2, -0.15) is 0 Å². The topological polar surface area (TPSA) is 18.5 Å². The summed E-state index contributed by atoms with van der Waals surface area (Å²) in [6.45, 7) is 1.38. The zero-order chi connectivity index (χ0) is 13.9. The summed E-state index contributed by atoms with van der Waals surface area (Å²) in [5.74, 6) is 1.58. The maximum absolute atomic E-state index is 6.56. The van der Waals surface area contributed by atoms with Crippen LogP contribution in [0.4, 0.5) is 0 Å². The summed E-state index contributed by atoms with van der Waals surface area (Å²) in [4.78, 5) is 0. The molecule has 0 spiro atoms. The molecule has 1 aliphatic heterocycles. The van der Waals surface area contributed by atoms with Crippen LogP contribution in [-0.4, -0.2) is 13.2 Å². The molecule has 1 heterocycles. The molecular formula is C16H14BrClO2. The van der Waals surface area contributed by atoms with Gasteiger partial charge in [0.1, 0.15) is 0 Å². The average molecular weight is 354 g/mol. The Morgan fingerprint density at radius 1 is 0.900 bits per heavy atom. The molecule has 0 amide bonds. The molecule has 1 aliphatic rings. The van der Waals surface area contributed by atoms with Crippen molar-refractivity contribution in [2.24, 2.45) is 0 Å². The smallest absolute Gasteiger partial charge is 0.161 e. The number of hydrogen-bond donors (Lipinski definition) is 0. The molecule has 0 aliphatic carbocycles. The fourth-order valence-corrected chi connectivity index (χ4v) is 2.71. The molecule has 1 unspecified atom stereocenters. The number of halogens is 2. The number of fused-ring (bicyclic) bond motifs is 1. The van der Waals surface area contributed by atoms with Crippen LogP contribution in [0.3, 0.4) is 0 Å². The summed E-state index contributed by atoms with van der Waals surface area (Å²) in [5, 5.41) is -0.194. The van der Waals surface area contributed by atoms with Crippen molar-refractivity contribution in [2.75, 3.05) is 13.2 Å². The fraction of sp³-hybridized carbons (Fsp3) is 0.250. The number of alkyl halides is 1. The third-order valence-corrected chi connectivity index (χ3v) is 4.26. The highest BCUT2D eigenvalue weighted by atomic mass is 79.9. The van der Waals surface area contributed by atoms with E-state index in [9.17, 15) is 0 Å². The molecule has 4 heteroatoms. The Morgan fingerprint density at radius 3 is 2.30 bits per heavy atom. The van der Waals surface area contributed by atoms with E-state index in [1.165, 1.54) is 0 Å². The first-order valence-corrected chi connectivity index (χ1v) is 7.76. The fourth-order valence-electron chi connectivity index (χ4n) is 2.16. The van der Waals surface area contributed by atoms with Crippen molar-refractivity contribution in [1.82, 2.24) is 0 Å². The molecule has 0 saturated carbocycles. The van der Waals surface area contributed by atoms with Gasteiger partial charge >= 0.3 is 0 Å². The van der Waals surface area contributed by atoms with Crippen LogP contribution < -0.4 is 9.47 Å². The Morgan fingerprint density at radius 2 is 1.55 bits per heavy atom. The highest BCUT2D eigenvalue weighted by molar-refractivity contribution is 9.10. The second-order valence-electron chi connectivity index (χ2n) is 4.67. The first kappa shape index (κ1) is 13.8. The Balaban J connectivity index is 1.90. The molecule has 0 fully saturated rings. The van der Waals surface area contributed by atoms with Crippen molar-refractivity contribution in [2.45, 2.75) is 11.8 Å². The van der Waals surface area contributed by atoms with Crippen molar-refractivity contribution < 1.29 is 9.47 Å². The molecular weight excluding hydrogens is 340 g/mol. The van der Waals surface area contributed by atoms with E-state index in [0.717, 1.165) is 33.5 Å². The third kappa shape index (κ3) is 2.94. The van der Waals surface area contributed by atoms with Crippen molar-refractivity contribution in [3.8, 4) is 11.5 Å². The zero-order valence-electron chi connectivity index (χ0n) is 10.8. The summed E-state index contributed by atoms with van der Waals surface area (Å²) in [5.41, 5.74) is 2.07. The molecule has 0 saturated heterocycles. The molecule has 0 aromatic heterocycles. The molecule has 2 nitrogen and oxygen atoms in total. The minimum atomic E-state index is -0.194. The second kappa shape index (κ2) is 6.06. The maximum Gasteiger partial charge on any atom is 0.161 e. The molecule has 2 aromatic carbocycles. The second-order valence-corrected chi connectivity index (χ2v) is 6.02. The Hall–Kier alpha value is -1.19. The van der Waals surface area contributed by atoms with Gasteiger partial charge in [0.25, 0.3) is 0 Å². The Kier molecular flexibility index (Phi) is 4.18. The lowest BCUT2D eigenvalue weighted by Crippen LogP contribution is -1.97. The van der Waals surface area contributed by atoms with Gasteiger partial charge in [-0.3, -0.25) is 0 Å². The first-order chi connectivity index (χ1) is 9.74. The molecule has 104 valence electrons. The van der Waals surface area contributed by atoms with Gasteiger partial charge in [-0.1, -0.05) is 34.1 Å². The van der Waals surface area contributed by atoms with Gasteiger partial charge in [0, 0.05) is 10.9 Å². The Labute approximate surface area is 131 Å². The van der Waals surface area contributed by atoms with Gasteiger partial charge in [-0.05, 0) is 35.4 Å². The predicted octanol–water partition coefficient (Wildman–Crippen LogP) is 4.94. The van der Waals surface area contributed by atoms with Crippen molar-refractivity contribution in [3.05, 3.63) is 58.1 Å². The quantitative estimate of drug-likeness (QED) is 0.712. The molecule has 2 aromatic rings. The monoisotopic (exact) mass is 352 g/mol. The van der Waals surface area contributed by atoms with Gasteiger partial charge in [0.2, 0.25) is 0 Å². The first-order valence-electron chi connectivity index (χ1n) is 6.53. The van der Waals surface area contributed by atoms with Crippen LogP contribution in [-0.2, 0) is 0 Å². The SMILES string of the molecule is ClC(c1ccc(Br)cc1)c1ccc2c(c1)OCCCO2. The van der Waals surface area contributed by atoms with Crippen LogP contribution in [0.5, 0.6) is 11.5 Å². The van der Waals surface area contributed by atoms with Crippen LogP contribution >= 0.6 is 27.5 Å². The average Bonchev–Trinajstić information content (AvgIpc) is 2.71. The van der Waals surface area contributed by atoms with E-state index in [0.29, 0.717) is 13.2 Å². The molecule has 0 bridgehead atoms. The molecule has 1 atom stereocenters. The number of hydrogen-bond acceptors (Lipinski definition) is 2. The van der Waals surface area contributed by atoms with Gasteiger partial charge < -0.3 is 9.47 Å². The van der Waals surface area contributed by atoms with Crippen molar-refractivity contribution in [3.63, 3.8) is 0 Å². The standard InChI is InChI=1S/C16H14BrClO2/c17-13-5-2-11(3-6-13)16(18)12-4-7-14-15(10-12)20-9-1-8-19-14/h2-7,10,16H,1,8-9H2. The van der Waals surface area contributed by atoms with Crippen LogP contribution in [0.2, 0.25) is 0 Å². The summed E-state index contributed by atoms with van der Waals surface area (Å²) in [6, 6.07) is 13.9. The zero-order valence-corrected chi connectivity index (χ0v) is 13.2. The number of rotatable bonds is 2. The van der Waals surface area contributed by atoms with Gasteiger partial charge in [0.15, 0.2) is 11.5 Å². The highest BCUT2D eigenvalue weighted by Crippen LogP contribution is 2.36. The lowest BCUT2D eigenvalue weighted by atomic mass is 10.0. The maximum atomic E-state index is 6.56. The normalized spacial score (nSPS) is 15.5. The van der Waals surface area contributed by atoms with E-state index in [4.69, 9.17) is 21.1 Å². The van der Waals surface area contributed by atoms with E-state index in [1.54, 1.807) is 0 Å². The minimum Gasteiger partial charge on any atom is -0.490 e. The highest BCUT2D eigenvalue weighted by Gasteiger charge is 2.16. The summed E-state index contributed by atoms with van der Waals surface area (Å²) < 4.78 is 12.4. The van der Waals surface area contributed by atoms with E-state index in [1.807, 2.05) is 42.5 Å². The van der Waals surface area contributed by atoms with Gasteiger partial charge in [-0.15, -0.1) is 11.6 Å². The van der Waals surface area contributed by atoms with Gasteiger partial charge in [0.05, 0.1) is 18.6 Å². The van der Waals surface area contributed by atoms with E-state index in [-0.39, 0.29) is 5.38 Å². The van der Waals surface area contributed by atoms with E-state index >= 15 is 0 Å². The lowest BCUT2D eigenvalue weighted by Gasteiger charge is -2.14. The number of ether oxygens (including phenoxy) is 2. The predicted molar refractivity (Wildman–Crippen MR) is 83.9 cm³/mol. The summed E-state index contributed by atoms with van der Waals surface area (Å²) >= 11 is 9.98. The summed E-state index contributed by atoms with van der Waals surface area (Å²) in [7, 11) is 0. The largest absolute Gasteiger partial charge is 0.490 e. The van der Waals surface area contributed by atoms with Crippen LogP contribution in [0.25, 0.3) is 0 Å². The van der Waals surface area contributed by atoms with Crippen LogP contribution in [0.15, 0.2) is 46.9 Å². The van der Waals surface area contributed by atoms with Crippen LogP contribution in [0.1, 0.15) is 22.9 Å². The molecule has 3 rings (SSSR count). The number of benzene rings is 2. The van der Waals surface area contributed by atoms with E-state index in [2.05, 4.69) is 15.9 Å². The lowest BCUT2D eigenvalue weighted by molar-refractivity contribution is 0.297. The molecule has 20 heavy (non-hydrogen) atoms. The minimum absolute atomic E-state index is 0.194. The van der Waals surface area contributed by atoms with E-state index < -0.39 is 0 Å². The molecule has 0 radical (unpaired) electrons. The summed E-state index contributed by atoms with van der Waals surface area (Å²) in [6.07, 6.45) is 0.904. The van der Waals surface area contributed by atoms with Gasteiger partial charge in [-0.25, -0.2) is 0 Å². The third-order valence-electron chi connectivity index (χ3n) is 3.23.